The summed E-state index contributed by atoms with van der Waals surface area (Å²) in [6.45, 7) is -1.30. The van der Waals surface area contributed by atoms with Crippen molar-refractivity contribution in [2.24, 2.45) is 5.41 Å². The second-order valence-electron chi connectivity index (χ2n) is 5.87. The quantitative estimate of drug-likeness (QED) is 0.776. The number of nitrogens with one attached hydrogen (secondary N) is 2. The largest absolute Gasteiger partial charge is 0.433 e. The van der Waals surface area contributed by atoms with E-state index < -0.39 is 23.9 Å². The SMILES string of the molecule is CC1(CO)CCCC1NC(=O)Nc1cc(F)ccc1OC(F)F. The van der Waals surface area contributed by atoms with Gasteiger partial charge in [0.25, 0.3) is 0 Å². The average molecular weight is 332 g/mol. The zero-order valence-corrected chi connectivity index (χ0v) is 12.6. The first kappa shape index (κ1) is 17.4. The molecule has 3 N–H and O–H groups in total. The molecule has 0 aliphatic heterocycles. The molecule has 2 amide bonds. The molecule has 1 saturated carbocycles. The molecule has 1 fully saturated rings. The van der Waals surface area contributed by atoms with Crippen LogP contribution >= 0.6 is 0 Å². The van der Waals surface area contributed by atoms with E-state index in [1.807, 2.05) is 6.92 Å². The summed E-state index contributed by atoms with van der Waals surface area (Å²) in [4.78, 5) is 12.1. The van der Waals surface area contributed by atoms with E-state index in [4.69, 9.17) is 0 Å². The van der Waals surface area contributed by atoms with Gasteiger partial charge in [-0.1, -0.05) is 13.3 Å². The van der Waals surface area contributed by atoms with Crippen LogP contribution in [-0.2, 0) is 0 Å². The maximum absolute atomic E-state index is 13.3. The highest BCUT2D eigenvalue weighted by Gasteiger charge is 2.39. The van der Waals surface area contributed by atoms with Crippen LogP contribution in [0.4, 0.5) is 23.7 Å². The van der Waals surface area contributed by atoms with Crippen LogP contribution in [0.5, 0.6) is 5.75 Å². The summed E-state index contributed by atoms with van der Waals surface area (Å²) in [6, 6.07) is 1.96. The van der Waals surface area contributed by atoms with Crippen LogP contribution < -0.4 is 15.4 Å². The lowest BCUT2D eigenvalue weighted by molar-refractivity contribution is -0.0494. The van der Waals surface area contributed by atoms with E-state index in [1.165, 1.54) is 0 Å². The lowest BCUT2D eigenvalue weighted by Crippen LogP contribution is -2.46. The zero-order chi connectivity index (χ0) is 17.0. The number of hydrogen-bond acceptors (Lipinski definition) is 3. The Labute approximate surface area is 131 Å². The van der Waals surface area contributed by atoms with Gasteiger partial charge >= 0.3 is 12.6 Å². The summed E-state index contributed by atoms with van der Waals surface area (Å²) in [6.07, 6.45) is 2.34. The number of ether oxygens (including phenoxy) is 1. The number of anilines is 1. The van der Waals surface area contributed by atoms with Gasteiger partial charge in [0.05, 0.1) is 12.3 Å². The fourth-order valence-corrected chi connectivity index (χ4v) is 2.78. The molecule has 1 aliphatic carbocycles. The minimum Gasteiger partial charge on any atom is -0.433 e. The van der Waals surface area contributed by atoms with Crippen LogP contribution in [-0.4, -0.2) is 30.4 Å². The van der Waals surface area contributed by atoms with E-state index in [1.54, 1.807) is 0 Å². The third-order valence-electron chi connectivity index (χ3n) is 4.15. The molecule has 2 rings (SSSR count). The van der Waals surface area contributed by atoms with Gasteiger partial charge in [-0.3, -0.25) is 0 Å². The van der Waals surface area contributed by atoms with E-state index in [0.717, 1.165) is 31.0 Å². The molecule has 0 heterocycles. The van der Waals surface area contributed by atoms with E-state index in [0.29, 0.717) is 6.42 Å². The molecule has 128 valence electrons. The van der Waals surface area contributed by atoms with Gasteiger partial charge in [0, 0.05) is 17.5 Å². The smallest absolute Gasteiger partial charge is 0.387 e. The number of halogens is 3. The van der Waals surface area contributed by atoms with Gasteiger partial charge in [-0.05, 0) is 25.0 Å². The Morgan fingerprint density at radius 3 is 2.91 bits per heavy atom. The number of benzene rings is 1. The first-order valence-electron chi connectivity index (χ1n) is 7.27. The summed E-state index contributed by atoms with van der Waals surface area (Å²) in [5.41, 5.74) is -0.617. The predicted octanol–water partition coefficient (Wildman–Crippen LogP) is 3.10. The fourth-order valence-electron chi connectivity index (χ4n) is 2.78. The standard InChI is InChI=1S/C15H19F3N2O3/c1-15(8-21)6-2-3-12(15)20-14(22)19-10-7-9(16)4-5-11(10)23-13(17)18/h4-5,7,12-13,21H,2-3,6,8H2,1H3,(H2,19,20,22). The van der Waals surface area contributed by atoms with E-state index in [2.05, 4.69) is 15.4 Å². The molecule has 0 radical (unpaired) electrons. The molecule has 5 nitrogen and oxygen atoms in total. The minimum absolute atomic E-state index is 0.0718. The third-order valence-corrected chi connectivity index (χ3v) is 4.15. The van der Waals surface area contributed by atoms with Gasteiger partial charge in [-0.25, -0.2) is 9.18 Å². The third kappa shape index (κ3) is 4.28. The molecule has 0 spiro atoms. The fraction of sp³-hybridized carbons (Fsp3) is 0.533. The second-order valence-corrected chi connectivity index (χ2v) is 5.87. The summed E-state index contributed by atoms with van der Waals surface area (Å²) >= 11 is 0. The number of urea groups is 1. The van der Waals surface area contributed by atoms with Crippen molar-refractivity contribution in [2.45, 2.75) is 38.8 Å². The number of hydrogen-bond donors (Lipinski definition) is 3. The van der Waals surface area contributed by atoms with Gasteiger partial charge in [-0.2, -0.15) is 8.78 Å². The Balaban J connectivity index is 2.06. The van der Waals surface area contributed by atoms with Gasteiger partial charge in [0.1, 0.15) is 11.6 Å². The Bertz CT molecular complexity index is 571. The summed E-state index contributed by atoms with van der Waals surface area (Å²) < 4.78 is 42.2. The second kappa shape index (κ2) is 7.08. The highest BCUT2D eigenvalue weighted by Crippen LogP contribution is 2.37. The lowest BCUT2D eigenvalue weighted by atomic mass is 9.86. The van der Waals surface area contributed by atoms with Crippen LogP contribution in [0.3, 0.4) is 0 Å². The molecule has 1 aromatic carbocycles. The molecule has 1 aromatic rings. The molecule has 1 aliphatic rings. The predicted molar refractivity (Wildman–Crippen MR) is 78.0 cm³/mol. The maximum Gasteiger partial charge on any atom is 0.387 e. The number of carbonyl (C=O) groups excluding carboxylic acids is 1. The molecule has 23 heavy (non-hydrogen) atoms. The maximum atomic E-state index is 13.3. The molecule has 0 saturated heterocycles. The van der Waals surface area contributed by atoms with E-state index in [-0.39, 0.29) is 24.1 Å². The first-order valence-corrected chi connectivity index (χ1v) is 7.27. The Morgan fingerprint density at radius 1 is 1.52 bits per heavy atom. The van der Waals surface area contributed by atoms with Gasteiger partial charge in [0.2, 0.25) is 0 Å². The number of rotatable bonds is 5. The van der Waals surface area contributed by atoms with E-state index >= 15 is 0 Å². The topological polar surface area (TPSA) is 70.6 Å². The first-order chi connectivity index (χ1) is 10.8. The van der Waals surface area contributed by atoms with Gasteiger partial charge in [-0.15, -0.1) is 0 Å². The monoisotopic (exact) mass is 332 g/mol. The van der Waals surface area contributed by atoms with Crippen molar-refractivity contribution in [1.29, 1.82) is 0 Å². The molecule has 0 aromatic heterocycles. The van der Waals surface area contributed by atoms with Crippen molar-refractivity contribution < 1.29 is 27.8 Å². The Morgan fingerprint density at radius 2 is 2.26 bits per heavy atom. The van der Waals surface area contributed by atoms with Crippen molar-refractivity contribution in [1.82, 2.24) is 5.32 Å². The number of aliphatic hydroxyl groups excluding tert-OH is 1. The molecule has 2 unspecified atom stereocenters. The van der Waals surface area contributed by atoms with Crippen molar-refractivity contribution >= 4 is 11.7 Å². The van der Waals surface area contributed by atoms with Crippen LogP contribution in [0.1, 0.15) is 26.2 Å². The van der Waals surface area contributed by atoms with Crippen LogP contribution in [0, 0.1) is 11.2 Å². The minimum atomic E-state index is -3.09. The number of amides is 2. The zero-order valence-electron chi connectivity index (χ0n) is 12.6. The molecular formula is C15H19F3N2O3. The number of aliphatic hydroxyl groups is 1. The van der Waals surface area contributed by atoms with Crippen molar-refractivity contribution in [3.8, 4) is 5.75 Å². The number of alkyl halides is 2. The van der Waals surface area contributed by atoms with Gasteiger partial charge < -0.3 is 20.5 Å². The number of carbonyl (C=O) groups is 1. The van der Waals surface area contributed by atoms with E-state index in [9.17, 15) is 23.1 Å². The van der Waals surface area contributed by atoms with Crippen LogP contribution in [0.2, 0.25) is 0 Å². The lowest BCUT2D eigenvalue weighted by Gasteiger charge is -2.30. The van der Waals surface area contributed by atoms with Crippen LogP contribution in [0.25, 0.3) is 0 Å². The van der Waals surface area contributed by atoms with Crippen molar-refractivity contribution in [2.75, 3.05) is 11.9 Å². The summed E-state index contributed by atoms with van der Waals surface area (Å²) in [5, 5.41) is 14.5. The Kier molecular flexibility index (Phi) is 5.35. The normalized spacial score (nSPS) is 23.8. The summed E-state index contributed by atoms with van der Waals surface area (Å²) in [5.74, 6) is -1.02. The molecule has 2 atom stereocenters. The molecular weight excluding hydrogens is 313 g/mol. The molecule has 8 heteroatoms. The average Bonchev–Trinajstić information content (AvgIpc) is 2.83. The summed E-state index contributed by atoms with van der Waals surface area (Å²) in [7, 11) is 0. The highest BCUT2D eigenvalue weighted by molar-refractivity contribution is 5.91. The Hall–Kier alpha value is -1.96. The van der Waals surface area contributed by atoms with Crippen molar-refractivity contribution in [3.05, 3.63) is 24.0 Å². The van der Waals surface area contributed by atoms with Crippen LogP contribution in [0.15, 0.2) is 18.2 Å². The molecule has 0 bridgehead atoms. The van der Waals surface area contributed by atoms with Crippen molar-refractivity contribution in [3.63, 3.8) is 0 Å². The highest BCUT2D eigenvalue weighted by atomic mass is 19.3. The van der Waals surface area contributed by atoms with Gasteiger partial charge in [0.15, 0.2) is 0 Å².